The minimum Gasteiger partial charge on any atom is -0.463 e. The molecule has 4 N–H and O–H groups in total. The van der Waals surface area contributed by atoms with E-state index in [9.17, 15) is 9.59 Å². The molecule has 3 aromatic carbocycles. The fourth-order valence-corrected chi connectivity index (χ4v) is 4.10. The summed E-state index contributed by atoms with van der Waals surface area (Å²) >= 11 is 0. The largest absolute Gasteiger partial charge is 0.463 e. The van der Waals surface area contributed by atoms with Gasteiger partial charge in [0.2, 0.25) is 0 Å². The van der Waals surface area contributed by atoms with Gasteiger partial charge in [-0.3, -0.25) is 4.79 Å². The summed E-state index contributed by atoms with van der Waals surface area (Å²) in [6.07, 6.45) is 5.99. The number of benzene rings is 3. The van der Waals surface area contributed by atoms with Gasteiger partial charge in [0.1, 0.15) is 5.84 Å². The highest BCUT2D eigenvalue weighted by Crippen LogP contribution is 2.24. The minimum absolute atomic E-state index is 0.187. The number of rotatable bonds is 6. The SMILES string of the molecule is NC(=NC(=O)O)c1ccc(/C=C/c2ccccc2)cc1NC(=O)c1cccc(N2CCCCC2)c1. The van der Waals surface area contributed by atoms with E-state index in [1.54, 1.807) is 24.3 Å². The molecule has 35 heavy (non-hydrogen) atoms. The standard InChI is InChI=1S/C28H28N4O3/c29-26(31-28(34)35)24-15-14-21(13-12-20-8-3-1-4-9-20)18-25(24)30-27(33)22-10-7-11-23(19-22)32-16-5-2-6-17-32/h1,3-4,7-15,18-19H,2,5-6,16-17H2,(H2,29,31)(H,30,33)(H,34,35)/b13-12+. The van der Waals surface area contributed by atoms with Crippen molar-refractivity contribution in [3.8, 4) is 0 Å². The molecule has 2 amide bonds. The molecule has 0 saturated carbocycles. The number of anilines is 2. The molecule has 0 atom stereocenters. The molecule has 0 aromatic heterocycles. The highest BCUT2D eigenvalue weighted by Gasteiger charge is 2.16. The van der Waals surface area contributed by atoms with Crippen LogP contribution in [0.15, 0.2) is 77.8 Å². The van der Waals surface area contributed by atoms with Crippen LogP contribution in [0.5, 0.6) is 0 Å². The van der Waals surface area contributed by atoms with Crippen molar-refractivity contribution in [2.75, 3.05) is 23.3 Å². The number of nitrogens with one attached hydrogen (secondary N) is 1. The maximum atomic E-state index is 13.2. The first-order chi connectivity index (χ1) is 17.0. The van der Waals surface area contributed by atoms with E-state index < -0.39 is 6.09 Å². The Balaban J connectivity index is 1.62. The van der Waals surface area contributed by atoms with E-state index in [4.69, 9.17) is 10.8 Å². The predicted molar refractivity (Wildman–Crippen MR) is 141 cm³/mol. The molecule has 1 aliphatic rings. The fourth-order valence-electron chi connectivity index (χ4n) is 4.10. The number of nitrogens with two attached hydrogens (primary N) is 1. The lowest BCUT2D eigenvalue weighted by Gasteiger charge is -2.29. The second-order valence-electron chi connectivity index (χ2n) is 8.38. The van der Waals surface area contributed by atoms with Gasteiger partial charge in [-0.05, 0) is 60.7 Å². The van der Waals surface area contributed by atoms with Crippen LogP contribution in [0, 0.1) is 0 Å². The number of amidine groups is 1. The van der Waals surface area contributed by atoms with Gasteiger partial charge in [-0.15, -0.1) is 0 Å². The smallest absolute Gasteiger partial charge is 0.433 e. The van der Waals surface area contributed by atoms with Crippen LogP contribution in [0.25, 0.3) is 12.2 Å². The summed E-state index contributed by atoms with van der Waals surface area (Å²) in [6, 6.07) is 22.6. The van der Waals surface area contributed by atoms with Crippen molar-refractivity contribution in [3.63, 3.8) is 0 Å². The molecular weight excluding hydrogens is 440 g/mol. The molecule has 3 aromatic rings. The van der Waals surface area contributed by atoms with E-state index in [0.29, 0.717) is 16.8 Å². The predicted octanol–water partition coefficient (Wildman–Crippen LogP) is 5.48. The number of carbonyl (C=O) groups is 2. The third-order valence-corrected chi connectivity index (χ3v) is 5.88. The van der Waals surface area contributed by atoms with Gasteiger partial charge in [0.15, 0.2) is 0 Å². The van der Waals surface area contributed by atoms with Crippen LogP contribution in [0.3, 0.4) is 0 Å². The van der Waals surface area contributed by atoms with Crippen molar-refractivity contribution in [2.24, 2.45) is 10.7 Å². The van der Waals surface area contributed by atoms with Crippen molar-refractivity contribution in [1.29, 1.82) is 0 Å². The molecule has 1 aliphatic heterocycles. The summed E-state index contributed by atoms with van der Waals surface area (Å²) in [6.45, 7) is 1.96. The average Bonchev–Trinajstić information content (AvgIpc) is 2.88. The second-order valence-corrected chi connectivity index (χ2v) is 8.38. The Labute approximate surface area is 204 Å². The summed E-state index contributed by atoms with van der Waals surface area (Å²) in [5.41, 5.74) is 10.0. The Hall–Kier alpha value is -4.39. The first-order valence-corrected chi connectivity index (χ1v) is 11.6. The maximum absolute atomic E-state index is 13.2. The van der Waals surface area contributed by atoms with Crippen molar-refractivity contribution >= 4 is 41.4 Å². The van der Waals surface area contributed by atoms with Gasteiger partial charge in [-0.25, -0.2) is 4.79 Å². The van der Waals surface area contributed by atoms with Crippen LogP contribution in [-0.2, 0) is 0 Å². The molecular formula is C28H28N4O3. The van der Waals surface area contributed by atoms with Gasteiger partial charge in [-0.2, -0.15) is 4.99 Å². The summed E-state index contributed by atoms with van der Waals surface area (Å²) in [4.78, 5) is 30.0. The van der Waals surface area contributed by atoms with Gasteiger partial charge in [0.25, 0.3) is 5.91 Å². The maximum Gasteiger partial charge on any atom is 0.433 e. The number of hydrogen-bond donors (Lipinski definition) is 3. The number of carboxylic acid groups (broad SMARTS) is 1. The highest BCUT2D eigenvalue weighted by atomic mass is 16.4. The number of amides is 2. The van der Waals surface area contributed by atoms with E-state index in [0.717, 1.165) is 42.7 Å². The van der Waals surface area contributed by atoms with Crippen LogP contribution in [0.4, 0.5) is 16.2 Å². The average molecular weight is 469 g/mol. The third-order valence-electron chi connectivity index (χ3n) is 5.88. The molecule has 1 heterocycles. The Kier molecular flexibility index (Phi) is 7.57. The summed E-state index contributed by atoms with van der Waals surface area (Å²) in [5.74, 6) is -0.495. The van der Waals surface area contributed by atoms with Gasteiger partial charge in [0, 0.05) is 29.9 Å². The Bertz CT molecular complexity index is 1260. The molecule has 0 bridgehead atoms. The molecule has 1 fully saturated rings. The lowest BCUT2D eigenvalue weighted by atomic mass is 10.1. The zero-order valence-corrected chi connectivity index (χ0v) is 19.4. The van der Waals surface area contributed by atoms with Crippen LogP contribution in [0.2, 0.25) is 0 Å². The number of nitrogens with zero attached hydrogens (tertiary/aromatic N) is 2. The topological polar surface area (TPSA) is 108 Å². The fraction of sp³-hybridized carbons (Fsp3) is 0.179. The van der Waals surface area contributed by atoms with Crippen molar-refractivity contribution in [1.82, 2.24) is 0 Å². The summed E-state index contributed by atoms with van der Waals surface area (Å²) < 4.78 is 0. The highest BCUT2D eigenvalue weighted by molar-refractivity contribution is 6.12. The molecule has 0 spiro atoms. The van der Waals surface area contributed by atoms with Crippen LogP contribution < -0.4 is 16.0 Å². The Morgan fingerprint density at radius 2 is 1.63 bits per heavy atom. The van der Waals surface area contributed by atoms with E-state index in [-0.39, 0.29) is 11.7 Å². The van der Waals surface area contributed by atoms with Gasteiger partial charge < -0.3 is 21.1 Å². The molecule has 4 rings (SSSR count). The van der Waals surface area contributed by atoms with E-state index in [1.165, 1.54) is 6.42 Å². The first-order valence-electron chi connectivity index (χ1n) is 11.6. The van der Waals surface area contributed by atoms with E-state index >= 15 is 0 Å². The molecule has 0 aliphatic carbocycles. The Morgan fingerprint density at radius 3 is 2.37 bits per heavy atom. The number of carbonyl (C=O) groups excluding carboxylic acids is 1. The van der Waals surface area contributed by atoms with Crippen LogP contribution >= 0.6 is 0 Å². The second kappa shape index (κ2) is 11.2. The molecule has 0 radical (unpaired) electrons. The minimum atomic E-state index is -1.40. The molecule has 1 saturated heterocycles. The van der Waals surface area contributed by atoms with Gasteiger partial charge >= 0.3 is 6.09 Å². The quantitative estimate of drug-likeness (QED) is 0.252. The molecule has 178 valence electrons. The monoisotopic (exact) mass is 468 g/mol. The lowest BCUT2D eigenvalue weighted by molar-refractivity contribution is 0.102. The molecule has 0 unspecified atom stereocenters. The Morgan fingerprint density at radius 1 is 0.886 bits per heavy atom. The van der Waals surface area contributed by atoms with Crippen molar-refractivity contribution in [2.45, 2.75) is 19.3 Å². The van der Waals surface area contributed by atoms with Gasteiger partial charge in [0.05, 0.1) is 5.69 Å². The number of hydrogen-bond acceptors (Lipinski definition) is 3. The molecule has 7 heteroatoms. The summed E-state index contributed by atoms with van der Waals surface area (Å²) in [5, 5.41) is 11.9. The summed E-state index contributed by atoms with van der Waals surface area (Å²) in [7, 11) is 0. The number of aliphatic imine (C=N–C) groups is 1. The van der Waals surface area contributed by atoms with Crippen LogP contribution in [0.1, 0.15) is 46.3 Å². The normalized spacial score (nSPS) is 14.2. The van der Waals surface area contributed by atoms with E-state index in [1.807, 2.05) is 60.7 Å². The van der Waals surface area contributed by atoms with Gasteiger partial charge in [-0.1, -0.05) is 54.6 Å². The lowest BCUT2D eigenvalue weighted by Crippen LogP contribution is -2.29. The zero-order chi connectivity index (χ0) is 24.6. The van der Waals surface area contributed by atoms with E-state index in [2.05, 4.69) is 15.2 Å². The third kappa shape index (κ3) is 6.35. The van der Waals surface area contributed by atoms with Crippen molar-refractivity contribution in [3.05, 3.63) is 95.1 Å². The molecule has 7 nitrogen and oxygen atoms in total. The number of piperidine rings is 1. The first kappa shape index (κ1) is 23.8. The zero-order valence-electron chi connectivity index (χ0n) is 19.4. The van der Waals surface area contributed by atoms with Crippen LogP contribution in [-0.4, -0.2) is 36.0 Å². The van der Waals surface area contributed by atoms with Crippen molar-refractivity contribution < 1.29 is 14.7 Å².